The zero-order chi connectivity index (χ0) is 15.0. The Morgan fingerprint density at radius 2 is 1.75 bits per heavy atom. The standard InChI is InChI=1S/C11H15NO4.C2H6O2/c12-7-1-3-9(4-2-7)16-11-10(14)5-8(13)6-15-11;3-1-2-4/h1-4,8,10-11,13-14H,5-6,12H2;3-4H,1-2H2/t8-,10-,11+;/m0./s1. The maximum atomic E-state index is 9.62. The molecular weight excluding hydrogens is 266 g/mol. The van der Waals surface area contributed by atoms with Crippen LogP contribution in [0.15, 0.2) is 24.3 Å². The zero-order valence-electron chi connectivity index (χ0n) is 11.1. The molecule has 1 fully saturated rings. The van der Waals surface area contributed by atoms with E-state index in [9.17, 15) is 10.2 Å². The van der Waals surface area contributed by atoms with Crippen LogP contribution in [0.5, 0.6) is 5.75 Å². The summed E-state index contributed by atoms with van der Waals surface area (Å²) < 4.78 is 10.6. The number of aliphatic hydroxyl groups is 4. The normalized spacial score (nSPS) is 25.5. The molecule has 7 heteroatoms. The van der Waals surface area contributed by atoms with E-state index in [4.69, 9.17) is 25.4 Å². The van der Waals surface area contributed by atoms with Gasteiger partial charge >= 0.3 is 0 Å². The highest BCUT2D eigenvalue weighted by atomic mass is 16.7. The Balaban J connectivity index is 0.000000444. The van der Waals surface area contributed by atoms with Crippen LogP contribution < -0.4 is 10.5 Å². The summed E-state index contributed by atoms with van der Waals surface area (Å²) in [7, 11) is 0. The Morgan fingerprint density at radius 1 is 1.15 bits per heavy atom. The largest absolute Gasteiger partial charge is 0.462 e. The molecule has 7 nitrogen and oxygen atoms in total. The molecule has 0 saturated carbocycles. The highest BCUT2D eigenvalue weighted by Gasteiger charge is 2.30. The molecular formula is C13H21NO6. The van der Waals surface area contributed by atoms with Gasteiger partial charge in [-0.1, -0.05) is 0 Å². The van der Waals surface area contributed by atoms with Gasteiger partial charge in [0.25, 0.3) is 0 Å². The third-order valence-electron chi connectivity index (χ3n) is 2.51. The molecule has 1 aromatic rings. The van der Waals surface area contributed by atoms with E-state index < -0.39 is 18.5 Å². The van der Waals surface area contributed by atoms with Gasteiger partial charge in [-0.2, -0.15) is 0 Å². The van der Waals surface area contributed by atoms with Crippen LogP contribution in [-0.4, -0.2) is 58.7 Å². The predicted octanol–water partition coefficient (Wildman–Crippen LogP) is -0.913. The molecule has 0 spiro atoms. The van der Waals surface area contributed by atoms with E-state index in [0.717, 1.165) is 0 Å². The van der Waals surface area contributed by atoms with Gasteiger partial charge in [-0.05, 0) is 24.3 Å². The van der Waals surface area contributed by atoms with Gasteiger partial charge in [0.2, 0.25) is 6.29 Å². The molecule has 1 heterocycles. The van der Waals surface area contributed by atoms with Crippen LogP contribution in [0, 0.1) is 0 Å². The second-order valence-electron chi connectivity index (χ2n) is 4.29. The van der Waals surface area contributed by atoms with Crippen LogP contribution in [0.25, 0.3) is 0 Å². The molecule has 0 amide bonds. The number of hydrogen-bond donors (Lipinski definition) is 5. The van der Waals surface area contributed by atoms with E-state index in [1.165, 1.54) is 0 Å². The molecule has 0 unspecified atom stereocenters. The minimum absolute atomic E-state index is 0.125. The van der Waals surface area contributed by atoms with Crippen LogP contribution >= 0.6 is 0 Å². The van der Waals surface area contributed by atoms with Gasteiger partial charge in [-0.3, -0.25) is 0 Å². The molecule has 114 valence electrons. The van der Waals surface area contributed by atoms with Crippen LogP contribution in [0.1, 0.15) is 6.42 Å². The molecule has 2 rings (SSSR count). The first-order chi connectivity index (χ1) is 9.56. The Bertz CT molecular complexity index is 370. The summed E-state index contributed by atoms with van der Waals surface area (Å²) in [6.45, 7) is -0.0727. The minimum Gasteiger partial charge on any atom is -0.462 e. The molecule has 1 aromatic carbocycles. The van der Waals surface area contributed by atoms with E-state index in [0.29, 0.717) is 11.4 Å². The lowest BCUT2D eigenvalue weighted by Crippen LogP contribution is -2.44. The SMILES string of the molecule is Nc1ccc(O[C@H]2OC[C@@H](O)C[C@@H]2O)cc1.OCCO. The van der Waals surface area contributed by atoms with E-state index in [1.54, 1.807) is 24.3 Å². The Hall–Kier alpha value is -1.38. The first-order valence-corrected chi connectivity index (χ1v) is 6.28. The third kappa shape index (κ3) is 5.72. The third-order valence-corrected chi connectivity index (χ3v) is 2.51. The number of aliphatic hydroxyl groups excluding tert-OH is 4. The fourth-order valence-corrected chi connectivity index (χ4v) is 1.57. The summed E-state index contributed by atoms with van der Waals surface area (Å²) in [6.07, 6.45) is -1.91. The average molecular weight is 287 g/mol. The first-order valence-electron chi connectivity index (χ1n) is 6.28. The second-order valence-corrected chi connectivity index (χ2v) is 4.29. The number of nitrogen functional groups attached to an aromatic ring is 1. The number of hydrogen-bond acceptors (Lipinski definition) is 7. The van der Waals surface area contributed by atoms with E-state index in [-0.39, 0.29) is 26.2 Å². The smallest absolute Gasteiger partial charge is 0.226 e. The highest BCUT2D eigenvalue weighted by Crippen LogP contribution is 2.20. The first kappa shape index (κ1) is 16.7. The van der Waals surface area contributed by atoms with Crippen molar-refractivity contribution in [2.45, 2.75) is 24.9 Å². The Morgan fingerprint density at radius 3 is 2.25 bits per heavy atom. The fourth-order valence-electron chi connectivity index (χ4n) is 1.57. The number of nitrogens with two attached hydrogens (primary N) is 1. The molecule has 0 aromatic heterocycles. The highest BCUT2D eigenvalue weighted by molar-refractivity contribution is 5.41. The van der Waals surface area contributed by atoms with Gasteiger partial charge < -0.3 is 35.6 Å². The fraction of sp³-hybridized carbons (Fsp3) is 0.538. The lowest BCUT2D eigenvalue weighted by atomic mass is 10.1. The van der Waals surface area contributed by atoms with Crippen molar-refractivity contribution in [1.29, 1.82) is 0 Å². The summed E-state index contributed by atoms with van der Waals surface area (Å²) in [5.74, 6) is 0.578. The lowest BCUT2D eigenvalue weighted by molar-refractivity contribution is -0.198. The molecule has 0 radical (unpaired) electrons. The number of benzene rings is 1. The zero-order valence-corrected chi connectivity index (χ0v) is 11.1. The summed E-state index contributed by atoms with van der Waals surface area (Å²) in [6, 6.07) is 6.83. The quantitative estimate of drug-likeness (QED) is 0.455. The summed E-state index contributed by atoms with van der Waals surface area (Å²) in [5, 5.41) is 34.1. The molecule has 3 atom stereocenters. The van der Waals surface area contributed by atoms with Crippen molar-refractivity contribution in [2.24, 2.45) is 0 Å². The summed E-state index contributed by atoms with van der Waals surface area (Å²) >= 11 is 0. The number of ether oxygens (including phenoxy) is 2. The van der Waals surface area contributed by atoms with Gasteiger partial charge in [-0.15, -0.1) is 0 Å². The van der Waals surface area contributed by atoms with Gasteiger partial charge in [0.15, 0.2) is 0 Å². The summed E-state index contributed by atoms with van der Waals surface area (Å²) in [5.41, 5.74) is 6.18. The van der Waals surface area contributed by atoms with Crippen molar-refractivity contribution in [3.63, 3.8) is 0 Å². The lowest BCUT2D eigenvalue weighted by Gasteiger charge is -2.30. The van der Waals surface area contributed by atoms with Gasteiger partial charge in [0.05, 0.1) is 25.9 Å². The predicted molar refractivity (Wildman–Crippen MR) is 72.0 cm³/mol. The Labute approximate surface area is 117 Å². The van der Waals surface area contributed by atoms with Crippen molar-refractivity contribution in [2.75, 3.05) is 25.6 Å². The molecule has 6 N–H and O–H groups in total. The van der Waals surface area contributed by atoms with E-state index >= 15 is 0 Å². The maximum absolute atomic E-state index is 9.62. The van der Waals surface area contributed by atoms with Crippen molar-refractivity contribution in [1.82, 2.24) is 0 Å². The summed E-state index contributed by atoms with van der Waals surface area (Å²) in [4.78, 5) is 0. The molecule has 0 aliphatic carbocycles. The molecule has 1 saturated heterocycles. The van der Waals surface area contributed by atoms with Crippen LogP contribution in [0.2, 0.25) is 0 Å². The number of anilines is 1. The molecule has 0 bridgehead atoms. The van der Waals surface area contributed by atoms with Crippen molar-refractivity contribution in [3.05, 3.63) is 24.3 Å². The molecule has 20 heavy (non-hydrogen) atoms. The van der Waals surface area contributed by atoms with E-state index in [1.807, 2.05) is 0 Å². The van der Waals surface area contributed by atoms with E-state index in [2.05, 4.69) is 0 Å². The minimum atomic E-state index is -0.818. The van der Waals surface area contributed by atoms with Gasteiger partial charge in [0.1, 0.15) is 11.9 Å². The van der Waals surface area contributed by atoms with Crippen LogP contribution in [0.4, 0.5) is 5.69 Å². The average Bonchev–Trinajstić information content (AvgIpc) is 2.44. The molecule has 1 aliphatic rings. The van der Waals surface area contributed by atoms with Gasteiger partial charge in [-0.25, -0.2) is 0 Å². The topological polar surface area (TPSA) is 125 Å². The van der Waals surface area contributed by atoms with Crippen LogP contribution in [0.3, 0.4) is 0 Å². The molecule has 1 aliphatic heterocycles. The Kier molecular flexibility index (Phi) is 7.27. The van der Waals surface area contributed by atoms with Crippen molar-refractivity contribution >= 4 is 5.69 Å². The number of rotatable bonds is 3. The van der Waals surface area contributed by atoms with Gasteiger partial charge in [0, 0.05) is 12.1 Å². The monoisotopic (exact) mass is 287 g/mol. The maximum Gasteiger partial charge on any atom is 0.226 e. The van der Waals surface area contributed by atoms with Crippen molar-refractivity contribution < 1.29 is 29.9 Å². The van der Waals surface area contributed by atoms with Crippen LogP contribution in [-0.2, 0) is 4.74 Å². The second kappa shape index (κ2) is 8.72. The van der Waals surface area contributed by atoms with Crippen molar-refractivity contribution in [3.8, 4) is 5.75 Å².